The summed E-state index contributed by atoms with van der Waals surface area (Å²) in [6, 6.07) is 1.65. The van der Waals surface area contributed by atoms with Crippen LogP contribution in [-0.2, 0) is 15.9 Å². The van der Waals surface area contributed by atoms with Crippen molar-refractivity contribution in [3.05, 3.63) is 49.6 Å². The van der Waals surface area contributed by atoms with Gasteiger partial charge in [-0.3, -0.25) is 4.79 Å². The molecule has 0 bridgehead atoms. The van der Waals surface area contributed by atoms with Crippen LogP contribution in [0.2, 0.25) is 0 Å². The van der Waals surface area contributed by atoms with E-state index in [1.54, 1.807) is 13.2 Å². The van der Waals surface area contributed by atoms with Crippen molar-refractivity contribution in [3.8, 4) is 23.0 Å². The molecule has 2 aromatic carbocycles. The molecule has 1 aliphatic rings. The first-order valence-corrected chi connectivity index (χ1v) is 12.5. The van der Waals surface area contributed by atoms with Gasteiger partial charge in [0.2, 0.25) is 5.43 Å². The van der Waals surface area contributed by atoms with E-state index in [-0.39, 0.29) is 24.4 Å². The van der Waals surface area contributed by atoms with Gasteiger partial charge in [0.25, 0.3) is 0 Å². The van der Waals surface area contributed by atoms with Gasteiger partial charge in [0, 0.05) is 25.8 Å². The Labute approximate surface area is 223 Å². The van der Waals surface area contributed by atoms with Crippen LogP contribution in [-0.4, -0.2) is 40.5 Å². The predicted octanol–water partition coefficient (Wildman–Crippen LogP) is 6.38. The van der Waals surface area contributed by atoms with Crippen molar-refractivity contribution in [2.24, 2.45) is 0 Å². The summed E-state index contributed by atoms with van der Waals surface area (Å²) in [4.78, 5) is 14.3. The molecule has 2 heterocycles. The number of allylic oxidation sites excluding steroid dienone is 2. The number of rotatable bonds is 9. The molecule has 4 rings (SSSR count). The van der Waals surface area contributed by atoms with E-state index in [0.29, 0.717) is 61.6 Å². The molecule has 0 radical (unpaired) electrons. The lowest BCUT2D eigenvalue weighted by molar-refractivity contribution is 0.0491. The highest BCUT2D eigenvalue weighted by Gasteiger charge is 2.32. The monoisotopic (exact) mass is 574 g/mol. The Bertz CT molecular complexity index is 1460. The van der Waals surface area contributed by atoms with Crippen molar-refractivity contribution in [2.75, 3.05) is 34.9 Å². The average molecular weight is 575 g/mol. The zero-order chi connectivity index (χ0) is 26.9. The fraction of sp³-hybridized carbons (Fsp3) is 0.393. The second kappa shape index (κ2) is 10.8. The lowest BCUT2D eigenvalue weighted by Crippen LogP contribution is -2.28. The molecule has 0 atom stereocenters. The molecule has 0 unspecified atom stereocenters. The number of ether oxygens (including phenoxy) is 6. The van der Waals surface area contributed by atoms with Crippen molar-refractivity contribution in [2.45, 2.75) is 39.7 Å². The van der Waals surface area contributed by atoms with Crippen molar-refractivity contribution < 1.29 is 32.8 Å². The lowest BCUT2D eigenvalue weighted by Gasteiger charge is -2.30. The molecule has 0 spiro atoms. The largest absolute Gasteiger partial charge is 0.493 e. The molecule has 0 amide bonds. The molecule has 0 saturated carbocycles. The van der Waals surface area contributed by atoms with Crippen molar-refractivity contribution in [1.29, 1.82) is 0 Å². The van der Waals surface area contributed by atoms with Crippen molar-refractivity contribution in [3.63, 3.8) is 0 Å². The molecule has 37 heavy (non-hydrogen) atoms. The van der Waals surface area contributed by atoms with E-state index in [9.17, 15) is 4.79 Å². The van der Waals surface area contributed by atoms with Crippen LogP contribution in [0.5, 0.6) is 23.0 Å². The Morgan fingerprint density at radius 3 is 2.41 bits per heavy atom. The summed E-state index contributed by atoms with van der Waals surface area (Å²) in [5.41, 5.74) is 2.16. The highest BCUT2D eigenvalue weighted by atomic mass is 79.9. The van der Waals surface area contributed by atoms with Crippen molar-refractivity contribution in [1.82, 2.24) is 0 Å². The maximum atomic E-state index is 14.3. The van der Waals surface area contributed by atoms with E-state index < -0.39 is 5.60 Å². The van der Waals surface area contributed by atoms with Crippen LogP contribution < -0.4 is 24.4 Å². The van der Waals surface area contributed by atoms with Crippen LogP contribution in [0.15, 0.2) is 37.5 Å². The van der Waals surface area contributed by atoms with Gasteiger partial charge < -0.3 is 32.8 Å². The Balaban J connectivity index is 2.17. The van der Waals surface area contributed by atoms with Crippen LogP contribution in [0, 0.1) is 0 Å². The van der Waals surface area contributed by atoms with Crippen molar-refractivity contribution >= 4 is 43.9 Å². The molecular weight excluding hydrogens is 544 g/mol. The summed E-state index contributed by atoms with van der Waals surface area (Å²) < 4.78 is 40.9. The van der Waals surface area contributed by atoms with E-state index in [2.05, 4.69) is 15.9 Å². The molecule has 198 valence electrons. The predicted molar refractivity (Wildman–Crippen MR) is 146 cm³/mol. The Morgan fingerprint density at radius 2 is 1.76 bits per heavy atom. The molecule has 0 saturated heterocycles. The Morgan fingerprint density at radius 1 is 1.05 bits per heavy atom. The number of halogens is 1. The second-order valence-corrected chi connectivity index (χ2v) is 10.2. The summed E-state index contributed by atoms with van der Waals surface area (Å²) in [6.07, 6.45) is 6.26. The SMILES string of the molecule is COCOc1cc2oc3c(Br)c4c(c(OCOC)c3c(=O)c2c(CC=C(C)C)c1OC)C=CC(C)(C)O4. The van der Waals surface area contributed by atoms with Crippen LogP contribution in [0.3, 0.4) is 0 Å². The Hall–Kier alpha value is -3.01. The first-order chi connectivity index (χ1) is 17.6. The normalized spacial score (nSPS) is 13.8. The van der Waals surface area contributed by atoms with E-state index in [0.717, 1.165) is 5.57 Å². The van der Waals surface area contributed by atoms with E-state index in [1.165, 1.54) is 14.2 Å². The smallest absolute Gasteiger partial charge is 0.204 e. The number of benzene rings is 2. The molecule has 1 aliphatic heterocycles. The molecule has 1 aromatic heterocycles. The topological polar surface area (TPSA) is 85.6 Å². The summed E-state index contributed by atoms with van der Waals surface area (Å²) in [5.74, 6) is 1.68. The van der Waals surface area contributed by atoms with Crippen LogP contribution in [0.4, 0.5) is 0 Å². The van der Waals surface area contributed by atoms with Gasteiger partial charge in [-0.2, -0.15) is 0 Å². The van der Waals surface area contributed by atoms with Gasteiger partial charge in [-0.05, 0) is 62.2 Å². The zero-order valence-electron chi connectivity index (χ0n) is 22.1. The minimum absolute atomic E-state index is 0.00321. The second-order valence-electron chi connectivity index (χ2n) is 9.41. The minimum Gasteiger partial charge on any atom is -0.493 e. The number of methoxy groups -OCH3 is 3. The first-order valence-electron chi connectivity index (χ1n) is 11.7. The molecule has 8 nitrogen and oxygen atoms in total. The quantitative estimate of drug-likeness (QED) is 0.165. The van der Waals surface area contributed by atoms with E-state index >= 15 is 0 Å². The molecule has 0 N–H and O–H groups in total. The molecule has 9 heteroatoms. The molecule has 0 aliphatic carbocycles. The van der Waals surface area contributed by atoms with Gasteiger partial charge in [-0.1, -0.05) is 11.6 Å². The fourth-order valence-electron chi connectivity index (χ4n) is 4.26. The number of hydrogen-bond donors (Lipinski definition) is 0. The highest BCUT2D eigenvalue weighted by Crippen LogP contribution is 2.49. The van der Waals surface area contributed by atoms with E-state index in [1.807, 2.05) is 45.9 Å². The maximum absolute atomic E-state index is 14.3. The van der Waals surface area contributed by atoms with Gasteiger partial charge in [-0.15, -0.1) is 0 Å². The third-order valence-electron chi connectivity index (χ3n) is 5.90. The van der Waals surface area contributed by atoms with Gasteiger partial charge >= 0.3 is 0 Å². The lowest BCUT2D eigenvalue weighted by atomic mass is 9.97. The third-order valence-corrected chi connectivity index (χ3v) is 6.63. The highest BCUT2D eigenvalue weighted by molar-refractivity contribution is 9.10. The fourth-order valence-corrected chi connectivity index (χ4v) is 4.83. The minimum atomic E-state index is -0.565. The van der Waals surface area contributed by atoms with E-state index in [4.69, 9.17) is 32.8 Å². The average Bonchev–Trinajstić information content (AvgIpc) is 2.85. The summed E-state index contributed by atoms with van der Waals surface area (Å²) in [6.45, 7) is 7.81. The van der Waals surface area contributed by atoms with Crippen LogP contribution in [0.1, 0.15) is 38.8 Å². The van der Waals surface area contributed by atoms with Gasteiger partial charge in [0.15, 0.2) is 30.7 Å². The van der Waals surface area contributed by atoms with Gasteiger partial charge in [-0.25, -0.2) is 0 Å². The summed E-state index contributed by atoms with van der Waals surface area (Å²) >= 11 is 3.63. The van der Waals surface area contributed by atoms with Gasteiger partial charge in [0.1, 0.15) is 32.5 Å². The standard InChI is InChI=1S/C28H31BrO8/c1-15(2)8-9-16-20-18(12-19(24(16)33-7)34-13-31-5)36-27-21(23(20)30)25(35-14-32-6)17-10-11-28(3,4)37-26(17)22(27)29/h8,10-12H,9,13-14H2,1-7H3. The first kappa shape index (κ1) is 27.0. The van der Waals surface area contributed by atoms with Crippen LogP contribution in [0.25, 0.3) is 28.0 Å². The Kier molecular flexibility index (Phi) is 7.87. The number of fused-ring (bicyclic) bond motifs is 3. The summed E-state index contributed by atoms with van der Waals surface area (Å²) in [7, 11) is 4.59. The summed E-state index contributed by atoms with van der Waals surface area (Å²) in [5, 5.41) is 0.649. The zero-order valence-corrected chi connectivity index (χ0v) is 23.7. The maximum Gasteiger partial charge on any atom is 0.204 e. The van der Waals surface area contributed by atoms with Crippen LogP contribution >= 0.6 is 15.9 Å². The van der Waals surface area contributed by atoms with Gasteiger partial charge in [0.05, 0.1) is 18.1 Å². The third kappa shape index (κ3) is 5.08. The molecular formula is C28H31BrO8. The number of hydrogen-bond acceptors (Lipinski definition) is 8. The molecule has 0 fully saturated rings. The molecule has 3 aromatic rings.